The quantitative estimate of drug-likeness (QED) is 0.880. The lowest BCUT2D eigenvalue weighted by Crippen LogP contribution is -2.25. The van der Waals surface area contributed by atoms with Crippen LogP contribution < -0.4 is 9.62 Å². The Balaban J connectivity index is 2.10. The standard InChI is InChI=1S/C14H18N2O4S2/c1-10(17)21-9-11-6-14(18)16(8-11)13-5-3-4-12(7-13)15-22(2,19)20/h3-5,7,11,15H,6,8-9H2,1-2H3. The molecule has 1 fully saturated rings. The molecule has 2 rings (SSSR count). The number of hydrogen-bond acceptors (Lipinski definition) is 5. The van der Waals surface area contributed by atoms with E-state index in [1.807, 2.05) is 0 Å². The number of carbonyl (C=O) groups is 2. The van der Waals surface area contributed by atoms with Crippen molar-refractivity contribution >= 4 is 44.2 Å². The van der Waals surface area contributed by atoms with Crippen LogP contribution in [0.3, 0.4) is 0 Å². The minimum Gasteiger partial charge on any atom is -0.312 e. The fraction of sp³-hybridized carbons (Fsp3) is 0.429. The van der Waals surface area contributed by atoms with Gasteiger partial charge in [-0.2, -0.15) is 0 Å². The zero-order valence-electron chi connectivity index (χ0n) is 12.4. The van der Waals surface area contributed by atoms with E-state index in [2.05, 4.69) is 4.72 Å². The zero-order valence-corrected chi connectivity index (χ0v) is 14.0. The zero-order chi connectivity index (χ0) is 16.3. The Morgan fingerprint density at radius 1 is 1.45 bits per heavy atom. The molecule has 0 radical (unpaired) electrons. The molecule has 1 atom stereocenters. The fourth-order valence-electron chi connectivity index (χ4n) is 2.33. The van der Waals surface area contributed by atoms with Crippen LogP contribution in [-0.4, -0.2) is 38.0 Å². The van der Waals surface area contributed by atoms with Crippen molar-refractivity contribution in [2.24, 2.45) is 5.92 Å². The first-order chi connectivity index (χ1) is 10.2. The van der Waals surface area contributed by atoms with Gasteiger partial charge in [-0.05, 0) is 24.1 Å². The summed E-state index contributed by atoms with van der Waals surface area (Å²) in [5, 5.41) is 0.0465. The first-order valence-electron chi connectivity index (χ1n) is 6.76. The van der Waals surface area contributed by atoms with Gasteiger partial charge in [0.25, 0.3) is 0 Å². The summed E-state index contributed by atoms with van der Waals surface area (Å²) in [6, 6.07) is 6.74. The number of rotatable bonds is 5. The lowest BCUT2D eigenvalue weighted by Gasteiger charge is -2.17. The highest BCUT2D eigenvalue weighted by Crippen LogP contribution is 2.29. The molecule has 1 aromatic rings. The Kier molecular flexibility index (Phi) is 5.12. The van der Waals surface area contributed by atoms with Crippen LogP contribution in [0.2, 0.25) is 0 Å². The van der Waals surface area contributed by atoms with Gasteiger partial charge in [0, 0.05) is 31.3 Å². The highest BCUT2D eigenvalue weighted by Gasteiger charge is 2.30. The van der Waals surface area contributed by atoms with Crippen LogP contribution in [0.15, 0.2) is 24.3 Å². The number of sulfonamides is 1. The fourth-order valence-corrected chi connectivity index (χ4v) is 3.58. The number of hydrogen-bond donors (Lipinski definition) is 1. The van der Waals surface area contributed by atoms with Crippen molar-refractivity contribution < 1.29 is 18.0 Å². The highest BCUT2D eigenvalue weighted by atomic mass is 32.2. The normalized spacial score (nSPS) is 18.5. The molecule has 8 heteroatoms. The summed E-state index contributed by atoms with van der Waals surface area (Å²) in [6.45, 7) is 2.06. The molecular weight excluding hydrogens is 324 g/mol. The molecule has 1 unspecified atom stereocenters. The molecule has 0 aliphatic carbocycles. The number of carbonyl (C=O) groups excluding carboxylic acids is 2. The molecule has 1 heterocycles. The van der Waals surface area contributed by atoms with E-state index in [0.29, 0.717) is 30.1 Å². The topological polar surface area (TPSA) is 83.6 Å². The van der Waals surface area contributed by atoms with Crippen molar-refractivity contribution in [2.45, 2.75) is 13.3 Å². The molecular formula is C14H18N2O4S2. The second kappa shape index (κ2) is 6.70. The smallest absolute Gasteiger partial charge is 0.229 e. The summed E-state index contributed by atoms with van der Waals surface area (Å²) in [5.74, 6) is 0.748. The lowest BCUT2D eigenvalue weighted by atomic mass is 10.1. The van der Waals surface area contributed by atoms with Crippen molar-refractivity contribution in [3.05, 3.63) is 24.3 Å². The van der Waals surface area contributed by atoms with Crippen molar-refractivity contribution in [3.63, 3.8) is 0 Å². The van der Waals surface area contributed by atoms with Crippen LogP contribution >= 0.6 is 11.8 Å². The van der Waals surface area contributed by atoms with E-state index >= 15 is 0 Å². The summed E-state index contributed by atoms with van der Waals surface area (Å²) in [6.07, 6.45) is 1.49. The monoisotopic (exact) mass is 342 g/mol. The van der Waals surface area contributed by atoms with Crippen LogP contribution in [0.1, 0.15) is 13.3 Å². The van der Waals surface area contributed by atoms with Crippen LogP contribution in [-0.2, 0) is 19.6 Å². The number of thioether (sulfide) groups is 1. The maximum absolute atomic E-state index is 12.1. The van der Waals surface area contributed by atoms with E-state index in [1.54, 1.807) is 29.2 Å². The van der Waals surface area contributed by atoms with Gasteiger partial charge in [-0.3, -0.25) is 14.3 Å². The van der Waals surface area contributed by atoms with Gasteiger partial charge in [0.1, 0.15) is 0 Å². The summed E-state index contributed by atoms with van der Waals surface area (Å²) in [5.41, 5.74) is 1.09. The van der Waals surface area contributed by atoms with Crippen LogP contribution in [0.25, 0.3) is 0 Å². The summed E-state index contributed by atoms with van der Waals surface area (Å²) < 4.78 is 24.9. The van der Waals surface area contributed by atoms with Crippen molar-refractivity contribution in [1.82, 2.24) is 0 Å². The maximum atomic E-state index is 12.1. The summed E-state index contributed by atoms with van der Waals surface area (Å²) in [7, 11) is -3.35. The van der Waals surface area contributed by atoms with Crippen LogP contribution in [0.4, 0.5) is 11.4 Å². The average Bonchev–Trinajstić information content (AvgIpc) is 2.76. The third-order valence-electron chi connectivity index (χ3n) is 3.19. The Morgan fingerprint density at radius 3 is 2.82 bits per heavy atom. The van der Waals surface area contributed by atoms with E-state index < -0.39 is 10.0 Å². The number of anilines is 2. The van der Waals surface area contributed by atoms with Crippen molar-refractivity contribution in [1.29, 1.82) is 0 Å². The third-order valence-corrected chi connectivity index (χ3v) is 4.84. The second-order valence-electron chi connectivity index (χ2n) is 5.30. The maximum Gasteiger partial charge on any atom is 0.229 e. The Morgan fingerprint density at radius 2 is 2.18 bits per heavy atom. The van der Waals surface area contributed by atoms with Gasteiger partial charge < -0.3 is 4.90 Å². The molecule has 0 aromatic heterocycles. The molecule has 1 amide bonds. The third kappa shape index (κ3) is 4.74. The number of nitrogens with zero attached hydrogens (tertiary/aromatic N) is 1. The van der Waals surface area contributed by atoms with Gasteiger partial charge in [-0.15, -0.1) is 0 Å². The van der Waals surface area contributed by atoms with Crippen molar-refractivity contribution in [3.8, 4) is 0 Å². The molecule has 0 bridgehead atoms. The first-order valence-corrected chi connectivity index (χ1v) is 9.64. The molecule has 6 nitrogen and oxygen atoms in total. The van der Waals surface area contributed by atoms with Gasteiger partial charge >= 0.3 is 0 Å². The Bertz CT molecular complexity index is 688. The predicted octanol–water partition coefficient (Wildman–Crippen LogP) is 1.69. The van der Waals surface area contributed by atoms with Gasteiger partial charge in [0.2, 0.25) is 15.9 Å². The molecule has 1 saturated heterocycles. The number of benzene rings is 1. The van der Waals surface area contributed by atoms with Gasteiger partial charge in [0.05, 0.1) is 11.9 Å². The SMILES string of the molecule is CC(=O)SCC1CC(=O)N(c2cccc(NS(C)(=O)=O)c2)C1. The van der Waals surface area contributed by atoms with Gasteiger partial charge in [0.15, 0.2) is 5.12 Å². The van der Waals surface area contributed by atoms with Crippen LogP contribution in [0.5, 0.6) is 0 Å². The minimum absolute atomic E-state index is 0.00865. The van der Waals surface area contributed by atoms with Gasteiger partial charge in [-0.1, -0.05) is 17.8 Å². The summed E-state index contributed by atoms with van der Waals surface area (Å²) in [4.78, 5) is 24.8. The molecule has 22 heavy (non-hydrogen) atoms. The largest absolute Gasteiger partial charge is 0.312 e. The number of amides is 1. The molecule has 0 spiro atoms. The molecule has 1 N–H and O–H groups in total. The predicted molar refractivity (Wildman–Crippen MR) is 88.5 cm³/mol. The molecule has 0 saturated carbocycles. The van der Waals surface area contributed by atoms with E-state index in [4.69, 9.17) is 0 Å². The molecule has 1 aliphatic heterocycles. The Hall–Kier alpha value is -1.54. The first kappa shape index (κ1) is 16.8. The molecule has 1 aliphatic rings. The number of nitrogens with one attached hydrogen (secondary N) is 1. The highest BCUT2D eigenvalue weighted by molar-refractivity contribution is 8.13. The van der Waals surface area contributed by atoms with E-state index in [0.717, 1.165) is 6.26 Å². The van der Waals surface area contributed by atoms with Crippen molar-refractivity contribution in [2.75, 3.05) is 28.2 Å². The molecule has 1 aromatic carbocycles. The van der Waals surface area contributed by atoms with E-state index in [-0.39, 0.29) is 16.9 Å². The summed E-state index contributed by atoms with van der Waals surface area (Å²) >= 11 is 1.23. The second-order valence-corrected chi connectivity index (χ2v) is 8.25. The average molecular weight is 342 g/mol. The Labute approximate surface area is 134 Å². The lowest BCUT2D eigenvalue weighted by molar-refractivity contribution is -0.117. The van der Waals surface area contributed by atoms with E-state index in [9.17, 15) is 18.0 Å². The minimum atomic E-state index is -3.35. The van der Waals surface area contributed by atoms with Crippen LogP contribution in [0, 0.1) is 5.92 Å². The molecule has 120 valence electrons. The van der Waals surface area contributed by atoms with E-state index in [1.165, 1.54) is 18.7 Å². The van der Waals surface area contributed by atoms with Gasteiger partial charge in [-0.25, -0.2) is 8.42 Å².